The van der Waals surface area contributed by atoms with E-state index in [2.05, 4.69) is 26.4 Å². The lowest BCUT2D eigenvalue weighted by molar-refractivity contribution is 0.102. The number of rotatable bonds is 4. The first-order valence-electron chi connectivity index (χ1n) is 12.0. The first-order chi connectivity index (χ1) is 17.1. The second-order valence-corrected chi connectivity index (χ2v) is 9.16. The Hall–Kier alpha value is -3.72. The number of morpholine rings is 1. The number of nitrogens with one attached hydrogen (secondary N) is 1. The van der Waals surface area contributed by atoms with Crippen molar-refractivity contribution < 1.29 is 13.9 Å². The van der Waals surface area contributed by atoms with Gasteiger partial charge in [-0.2, -0.15) is 5.10 Å². The van der Waals surface area contributed by atoms with Gasteiger partial charge in [-0.25, -0.2) is 9.37 Å². The van der Waals surface area contributed by atoms with Crippen LogP contribution in [0.5, 0.6) is 0 Å². The Balaban J connectivity index is 1.37. The first kappa shape index (κ1) is 21.8. The SMILES string of the molecule is Cc1cc(F)c(NC(=O)c2cnn3c2CCCC3)cc1-c1cc(N2CCOCC2)c2nccn2c1. The van der Waals surface area contributed by atoms with E-state index in [0.717, 1.165) is 72.6 Å². The van der Waals surface area contributed by atoms with Crippen molar-refractivity contribution in [2.24, 2.45) is 0 Å². The molecule has 35 heavy (non-hydrogen) atoms. The van der Waals surface area contributed by atoms with Gasteiger partial charge in [-0.1, -0.05) is 0 Å². The molecule has 8 nitrogen and oxygen atoms in total. The van der Waals surface area contributed by atoms with Gasteiger partial charge in [0.25, 0.3) is 5.91 Å². The number of fused-ring (bicyclic) bond motifs is 2. The van der Waals surface area contributed by atoms with Crippen LogP contribution in [0, 0.1) is 12.7 Å². The Morgan fingerprint density at radius 2 is 2.00 bits per heavy atom. The largest absolute Gasteiger partial charge is 0.378 e. The van der Waals surface area contributed by atoms with Crippen molar-refractivity contribution in [2.75, 3.05) is 36.5 Å². The Morgan fingerprint density at radius 3 is 2.86 bits per heavy atom. The van der Waals surface area contributed by atoms with Crippen LogP contribution in [0.2, 0.25) is 0 Å². The number of halogens is 1. The number of benzene rings is 1. The minimum Gasteiger partial charge on any atom is -0.378 e. The fourth-order valence-electron chi connectivity index (χ4n) is 5.08. The number of imidazole rings is 1. The van der Waals surface area contributed by atoms with Crippen molar-refractivity contribution in [3.63, 3.8) is 0 Å². The maximum atomic E-state index is 15.0. The molecule has 0 bridgehead atoms. The van der Waals surface area contributed by atoms with Gasteiger partial charge in [0.05, 0.1) is 42.0 Å². The molecule has 0 spiro atoms. The van der Waals surface area contributed by atoms with Gasteiger partial charge in [0.15, 0.2) is 5.65 Å². The average molecular weight is 475 g/mol. The van der Waals surface area contributed by atoms with Crippen molar-refractivity contribution >= 4 is 22.9 Å². The third-order valence-electron chi connectivity index (χ3n) is 6.92. The highest BCUT2D eigenvalue weighted by Gasteiger charge is 2.22. The number of carbonyl (C=O) groups is 1. The summed E-state index contributed by atoms with van der Waals surface area (Å²) in [7, 11) is 0. The van der Waals surface area contributed by atoms with Gasteiger partial charge in [0.2, 0.25) is 0 Å². The number of ether oxygens (including phenoxy) is 1. The molecule has 0 atom stereocenters. The third-order valence-corrected chi connectivity index (χ3v) is 6.92. The van der Waals surface area contributed by atoms with Gasteiger partial charge < -0.3 is 19.4 Å². The smallest absolute Gasteiger partial charge is 0.259 e. The summed E-state index contributed by atoms with van der Waals surface area (Å²) in [6.07, 6.45) is 10.2. The van der Waals surface area contributed by atoms with Gasteiger partial charge in [-0.05, 0) is 55.5 Å². The molecule has 2 aliphatic rings. The number of hydrogen-bond donors (Lipinski definition) is 1. The lowest BCUT2D eigenvalue weighted by atomic mass is 10.00. The molecule has 4 aromatic rings. The molecule has 1 amide bonds. The summed E-state index contributed by atoms with van der Waals surface area (Å²) in [5.74, 6) is -0.793. The number of hydrogen-bond acceptors (Lipinski definition) is 5. The van der Waals surface area contributed by atoms with E-state index >= 15 is 0 Å². The second-order valence-electron chi connectivity index (χ2n) is 9.16. The molecule has 1 fully saturated rings. The molecule has 0 radical (unpaired) electrons. The maximum Gasteiger partial charge on any atom is 0.259 e. The zero-order valence-electron chi connectivity index (χ0n) is 19.6. The molecule has 9 heteroatoms. The Kier molecular flexibility index (Phi) is 5.49. The topological polar surface area (TPSA) is 76.7 Å². The molecule has 5 heterocycles. The normalized spacial score (nSPS) is 15.9. The van der Waals surface area contributed by atoms with Gasteiger partial charge in [0.1, 0.15) is 5.82 Å². The Morgan fingerprint density at radius 1 is 1.14 bits per heavy atom. The molecule has 1 aromatic carbocycles. The molecule has 1 N–H and O–H groups in total. The zero-order valence-corrected chi connectivity index (χ0v) is 19.6. The van der Waals surface area contributed by atoms with Crippen LogP contribution in [0.25, 0.3) is 16.8 Å². The van der Waals surface area contributed by atoms with E-state index in [9.17, 15) is 9.18 Å². The molecule has 0 unspecified atom stereocenters. The van der Waals surface area contributed by atoms with Gasteiger partial charge in [-0.3, -0.25) is 9.48 Å². The van der Waals surface area contributed by atoms with Crippen LogP contribution >= 0.6 is 0 Å². The van der Waals surface area contributed by atoms with Crippen LogP contribution in [-0.4, -0.2) is 51.4 Å². The van der Waals surface area contributed by atoms with Crippen molar-refractivity contribution in [3.05, 3.63) is 65.6 Å². The van der Waals surface area contributed by atoms with Gasteiger partial charge in [-0.15, -0.1) is 0 Å². The Labute approximate surface area is 202 Å². The van der Waals surface area contributed by atoms with E-state index in [1.54, 1.807) is 18.5 Å². The fourth-order valence-corrected chi connectivity index (χ4v) is 5.08. The molecule has 0 aliphatic carbocycles. The quantitative estimate of drug-likeness (QED) is 0.483. The van der Waals surface area contributed by atoms with Gasteiger partial charge >= 0.3 is 0 Å². The summed E-state index contributed by atoms with van der Waals surface area (Å²) in [6.45, 7) is 5.60. The predicted octanol–water partition coefficient (Wildman–Crippen LogP) is 4.07. The van der Waals surface area contributed by atoms with Crippen LogP contribution in [0.1, 0.15) is 34.5 Å². The van der Waals surface area contributed by atoms with Crippen LogP contribution in [0.3, 0.4) is 0 Å². The van der Waals surface area contributed by atoms with Crippen LogP contribution in [0.4, 0.5) is 15.8 Å². The molecule has 1 saturated heterocycles. The monoisotopic (exact) mass is 474 g/mol. The van der Waals surface area contributed by atoms with Crippen LogP contribution in [0.15, 0.2) is 43.0 Å². The van der Waals surface area contributed by atoms with Crippen molar-refractivity contribution in [3.8, 4) is 11.1 Å². The summed E-state index contributed by atoms with van der Waals surface area (Å²) in [4.78, 5) is 19.9. The van der Waals surface area contributed by atoms with E-state index in [1.165, 1.54) is 6.07 Å². The van der Waals surface area contributed by atoms with E-state index < -0.39 is 5.82 Å². The molecule has 6 rings (SSSR count). The van der Waals surface area contributed by atoms with Crippen molar-refractivity contribution in [1.82, 2.24) is 19.2 Å². The standard InChI is InChI=1S/C26H27FN6O2/c1-17-12-21(27)22(30-26(34)20-15-29-33-6-3-2-4-23(20)33)14-19(17)18-13-24(31-8-10-35-11-9-31)25-28-5-7-32(25)16-18/h5,7,12-16H,2-4,6,8-11H2,1H3,(H,30,34). The van der Waals surface area contributed by atoms with Crippen LogP contribution < -0.4 is 10.2 Å². The lowest BCUT2D eigenvalue weighted by Gasteiger charge is -2.29. The molecule has 2 aliphatic heterocycles. The zero-order chi connectivity index (χ0) is 23.9. The highest BCUT2D eigenvalue weighted by molar-refractivity contribution is 6.05. The maximum absolute atomic E-state index is 15.0. The van der Waals surface area contributed by atoms with Crippen molar-refractivity contribution in [2.45, 2.75) is 32.7 Å². The number of carbonyl (C=O) groups excluding carboxylic acids is 1. The summed E-state index contributed by atoms with van der Waals surface area (Å²) < 4.78 is 24.4. The minimum atomic E-state index is -0.460. The molecule has 180 valence electrons. The predicted molar refractivity (Wildman–Crippen MR) is 131 cm³/mol. The second kappa shape index (κ2) is 8.81. The van der Waals surface area contributed by atoms with Crippen molar-refractivity contribution in [1.29, 1.82) is 0 Å². The Bertz CT molecular complexity index is 1420. The lowest BCUT2D eigenvalue weighted by Crippen LogP contribution is -2.36. The van der Waals surface area contributed by atoms with E-state index in [-0.39, 0.29) is 11.6 Å². The summed E-state index contributed by atoms with van der Waals surface area (Å²) in [5, 5.41) is 7.14. The molecule has 0 saturated carbocycles. The van der Waals surface area contributed by atoms with E-state index in [4.69, 9.17) is 4.74 Å². The highest BCUT2D eigenvalue weighted by atomic mass is 19.1. The number of aryl methyl sites for hydroxylation is 2. The third kappa shape index (κ3) is 3.95. The number of aromatic nitrogens is 4. The highest BCUT2D eigenvalue weighted by Crippen LogP contribution is 2.33. The van der Waals surface area contributed by atoms with E-state index in [0.29, 0.717) is 18.8 Å². The number of amides is 1. The average Bonchev–Trinajstić information content (AvgIpc) is 3.53. The molecule has 3 aromatic heterocycles. The van der Waals surface area contributed by atoms with E-state index in [1.807, 2.05) is 28.4 Å². The number of nitrogens with zero attached hydrogens (tertiary/aromatic N) is 5. The fraction of sp³-hybridized carbons (Fsp3) is 0.346. The summed E-state index contributed by atoms with van der Waals surface area (Å²) in [6, 6.07) is 5.29. The summed E-state index contributed by atoms with van der Waals surface area (Å²) >= 11 is 0. The first-order valence-corrected chi connectivity index (χ1v) is 12.0. The minimum absolute atomic E-state index is 0.157. The molecular weight excluding hydrogens is 447 g/mol. The molecular formula is C26H27FN6O2. The number of pyridine rings is 1. The van der Waals surface area contributed by atoms with Gasteiger partial charge in [0, 0.05) is 43.8 Å². The van der Waals surface area contributed by atoms with Crippen LogP contribution in [-0.2, 0) is 17.7 Å². The summed E-state index contributed by atoms with van der Waals surface area (Å²) in [5.41, 5.74) is 6.03. The number of anilines is 2.